The lowest BCUT2D eigenvalue weighted by molar-refractivity contribution is 0.0962. The van der Waals surface area contributed by atoms with E-state index in [0.717, 1.165) is 37.1 Å². The molecule has 2 aromatic heterocycles. The van der Waals surface area contributed by atoms with Crippen molar-refractivity contribution in [1.29, 1.82) is 0 Å². The molecule has 0 aliphatic carbocycles. The van der Waals surface area contributed by atoms with Gasteiger partial charge in [0.15, 0.2) is 0 Å². The molecule has 0 spiro atoms. The van der Waals surface area contributed by atoms with Crippen LogP contribution in [0, 0.1) is 0 Å². The van der Waals surface area contributed by atoms with Gasteiger partial charge in [0.2, 0.25) is 0 Å². The average molecular weight is 366 g/mol. The van der Waals surface area contributed by atoms with E-state index in [9.17, 15) is 4.79 Å². The first-order chi connectivity index (χ1) is 12.7. The number of hydrogen-bond donors (Lipinski definition) is 1. The third-order valence-corrected chi connectivity index (χ3v) is 6.05. The van der Waals surface area contributed by atoms with Crippen LogP contribution >= 0.6 is 11.3 Å². The second-order valence-corrected chi connectivity index (χ2v) is 7.59. The molecule has 0 radical (unpaired) electrons. The van der Waals surface area contributed by atoms with Gasteiger partial charge in [-0.2, -0.15) is 0 Å². The molecule has 0 unspecified atom stereocenters. The zero-order chi connectivity index (χ0) is 18.1. The van der Waals surface area contributed by atoms with Crippen LogP contribution in [-0.2, 0) is 12.8 Å². The highest BCUT2D eigenvalue weighted by Crippen LogP contribution is 2.27. The monoisotopic (exact) mass is 366 g/mol. The lowest BCUT2D eigenvalue weighted by Gasteiger charge is -2.27. The Morgan fingerprint density at radius 1 is 1.23 bits per heavy atom. The summed E-state index contributed by atoms with van der Waals surface area (Å²) in [5.74, 6) is -0.0775. The van der Waals surface area contributed by atoms with Crippen LogP contribution in [0.3, 0.4) is 0 Å². The first-order valence-corrected chi connectivity index (χ1v) is 9.81. The molecule has 26 heavy (non-hydrogen) atoms. The maximum absolute atomic E-state index is 11.9. The van der Waals surface area contributed by atoms with Crippen molar-refractivity contribution in [2.45, 2.75) is 25.8 Å². The number of fused-ring (bicyclic) bond motifs is 2. The number of rotatable bonds is 3. The highest BCUT2D eigenvalue weighted by atomic mass is 32.1. The summed E-state index contributed by atoms with van der Waals surface area (Å²) in [6.07, 6.45) is 3.51. The van der Waals surface area contributed by atoms with E-state index in [2.05, 4.69) is 45.3 Å². The van der Waals surface area contributed by atoms with Crippen LogP contribution in [0.5, 0.6) is 0 Å². The molecule has 3 aromatic rings. The van der Waals surface area contributed by atoms with Gasteiger partial charge >= 0.3 is 0 Å². The molecule has 1 atom stereocenters. The van der Waals surface area contributed by atoms with Crippen molar-refractivity contribution in [2.75, 3.05) is 20.1 Å². The predicted octanol–water partition coefficient (Wildman–Crippen LogP) is 3.21. The number of thiazole rings is 1. The third kappa shape index (κ3) is 3.22. The molecule has 5 nitrogen and oxygen atoms in total. The number of amides is 1. The minimum absolute atomic E-state index is 0.0775. The van der Waals surface area contributed by atoms with Crippen molar-refractivity contribution in [1.82, 2.24) is 20.2 Å². The first-order valence-electron chi connectivity index (χ1n) is 8.93. The van der Waals surface area contributed by atoms with Crippen LogP contribution in [0.1, 0.15) is 40.1 Å². The Hall–Kier alpha value is -2.31. The van der Waals surface area contributed by atoms with Crippen molar-refractivity contribution in [2.24, 2.45) is 0 Å². The number of nitrogens with one attached hydrogen (secondary N) is 1. The van der Waals surface area contributed by atoms with Gasteiger partial charge in [0.1, 0.15) is 0 Å². The SMILES string of the molecule is CNC(=O)c1cnc2c(c1)CCN([C@H](C)c1ccc3scnc3c1)CC2. The quantitative estimate of drug-likeness (QED) is 0.773. The summed E-state index contributed by atoms with van der Waals surface area (Å²) < 4.78 is 1.23. The molecule has 134 valence electrons. The van der Waals surface area contributed by atoms with Crippen LogP contribution in [0.15, 0.2) is 36.0 Å². The van der Waals surface area contributed by atoms with E-state index in [1.807, 2.05) is 11.6 Å². The van der Waals surface area contributed by atoms with Crippen LogP contribution in [0.2, 0.25) is 0 Å². The molecule has 1 aliphatic rings. The summed E-state index contributed by atoms with van der Waals surface area (Å²) in [4.78, 5) is 23.4. The fourth-order valence-electron chi connectivity index (χ4n) is 3.61. The molecule has 6 heteroatoms. The summed E-state index contributed by atoms with van der Waals surface area (Å²) in [5.41, 5.74) is 7.22. The maximum atomic E-state index is 11.9. The highest BCUT2D eigenvalue weighted by Gasteiger charge is 2.21. The Morgan fingerprint density at radius 2 is 2.08 bits per heavy atom. The van der Waals surface area contributed by atoms with Gasteiger partial charge in [0, 0.05) is 44.5 Å². The van der Waals surface area contributed by atoms with Crippen molar-refractivity contribution in [3.8, 4) is 0 Å². The Balaban J connectivity index is 1.53. The fraction of sp³-hybridized carbons (Fsp3) is 0.350. The highest BCUT2D eigenvalue weighted by molar-refractivity contribution is 7.16. The minimum Gasteiger partial charge on any atom is -0.355 e. The van der Waals surface area contributed by atoms with Crippen LogP contribution in [0.4, 0.5) is 0 Å². The maximum Gasteiger partial charge on any atom is 0.252 e. The van der Waals surface area contributed by atoms with E-state index >= 15 is 0 Å². The van der Waals surface area contributed by atoms with Gasteiger partial charge < -0.3 is 5.32 Å². The van der Waals surface area contributed by atoms with Crippen molar-refractivity contribution < 1.29 is 4.79 Å². The van der Waals surface area contributed by atoms with E-state index in [-0.39, 0.29) is 5.91 Å². The van der Waals surface area contributed by atoms with E-state index in [1.54, 1.807) is 24.6 Å². The topological polar surface area (TPSA) is 58.1 Å². The summed E-state index contributed by atoms with van der Waals surface area (Å²) >= 11 is 1.68. The molecule has 0 bridgehead atoms. The van der Waals surface area contributed by atoms with Gasteiger partial charge in [-0.15, -0.1) is 11.3 Å². The standard InChI is InChI=1S/C20H22N4OS/c1-13(14-3-4-19-18(10-14)23-12-26-19)24-7-5-15-9-16(20(25)21-2)11-22-17(15)6-8-24/h3-4,9-13H,5-8H2,1-2H3,(H,21,25)/t13-/m1/s1. The number of carbonyl (C=O) groups is 1. The molecule has 1 amide bonds. The Labute approximate surface area is 157 Å². The van der Waals surface area contributed by atoms with Gasteiger partial charge in [-0.25, -0.2) is 4.98 Å². The van der Waals surface area contributed by atoms with Gasteiger partial charge in [0.25, 0.3) is 5.91 Å². The largest absolute Gasteiger partial charge is 0.355 e. The number of nitrogens with zero attached hydrogens (tertiary/aromatic N) is 3. The molecule has 1 aromatic carbocycles. The summed E-state index contributed by atoms with van der Waals surface area (Å²) in [5, 5.41) is 2.67. The minimum atomic E-state index is -0.0775. The van der Waals surface area contributed by atoms with Gasteiger partial charge in [-0.3, -0.25) is 14.7 Å². The first kappa shape index (κ1) is 17.1. The zero-order valence-corrected chi connectivity index (χ0v) is 15.8. The molecular weight excluding hydrogens is 344 g/mol. The molecule has 1 N–H and O–H groups in total. The zero-order valence-electron chi connectivity index (χ0n) is 15.0. The number of hydrogen-bond acceptors (Lipinski definition) is 5. The lowest BCUT2D eigenvalue weighted by atomic mass is 10.1. The Kier molecular flexibility index (Phi) is 4.70. The fourth-order valence-corrected chi connectivity index (χ4v) is 4.27. The number of benzene rings is 1. The summed E-state index contributed by atoms with van der Waals surface area (Å²) in [6, 6.07) is 8.91. The lowest BCUT2D eigenvalue weighted by Crippen LogP contribution is -2.29. The molecule has 0 saturated heterocycles. The van der Waals surface area contributed by atoms with Crippen LogP contribution < -0.4 is 5.32 Å². The normalized spacial score (nSPS) is 16.1. The third-order valence-electron chi connectivity index (χ3n) is 5.24. The van der Waals surface area contributed by atoms with Crippen LogP contribution in [0.25, 0.3) is 10.2 Å². The summed E-state index contributed by atoms with van der Waals surface area (Å²) in [7, 11) is 1.65. The van der Waals surface area contributed by atoms with Gasteiger partial charge in [-0.05, 0) is 42.7 Å². The Bertz CT molecular complexity index is 952. The van der Waals surface area contributed by atoms with E-state index in [0.29, 0.717) is 11.6 Å². The number of aromatic nitrogens is 2. The van der Waals surface area contributed by atoms with Crippen LogP contribution in [-0.4, -0.2) is 40.9 Å². The second-order valence-electron chi connectivity index (χ2n) is 6.70. The second kappa shape index (κ2) is 7.13. The molecule has 0 fully saturated rings. The van der Waals surface area contributed by atoms with Crippen molar-refractivity contribution in [3.63, 3.8) is 0 Å². The molecule has 4 rings (SSSR count). The van der Waals surface area contributed by atoms with Gasteiger partial charge in [-0.1, -0.05) is 6.07 Å². The van der Waals surface area contributed by atoms with Crippen molar-refractivity contribution >= 4 is 27.5 Å². The molecule has 1 aliphatic heterocycles. The number of carbonyl (C=O) groups excluding carboxylic acids is 1. The molecule has 3 heterocycles. The Morgan fingerprint density at radius 3 is 2.92 bits per heavy atom. The van der Waals surface area contributed by atoms with E-state index in [4.69, 9.17) is 0 Å². The smallest absolute Gasteiger partial charge is 0.252 e. The molecule has 0 saturated carbocycles. The predicted molar refractivity (Wildman–Crippen MR) is 105 cm³/mol. The average Bonchev–Trinajstić information content (AvgIpc) is 3.04. The van der Waals surface area contributed by atoms with E-state index < -0.39 is 0 Å². The molecular formula is C20H22N4OS. The van der Waals surface area contributed by atoms with Gasteiger partial charge in [0.05, 0.1) is 21.3 Å². The van der Waals surface area contributed by atoms with Crippen molar-refractivity contribution in [3.05, 3.63) is 58.4 Å². The number of pyridine rings is 1. The van der Waals surface area contributed by atoms with E-state index in [1.165, 1.54) is 15.8 Å². The summed E-state index contributed by atoms with van der Waals surface area (Å²) in [6.45, 7) is 4.19.